The first-order valence-corrected chi connectivity index (χ1v) is 8.36. The Balaban J connectivity index is 1.94. The lowest BCUT2D eigenvalue weighted by Crippen LogP contribution is -2.44. The molecule has 5 nitrogen and oxygen atoms in total. The third-order valence-corrected chi connectivity index (χ3v) is 5.36. The van der Waals surface area contributed by atoms with Crippen molar-refractivity contribution in [2.45, 2.75) is 19.4 Å². The van der Waals surface area contributed by atoms with Crippen LogP contribution in [0, 0.1) is 0 Å². The van der Waals surface area contributed by atoms with Crippen molar-refractivity contribution < 1.29 is 13.2 Å². The van der Waals surface area contributed by atoms with Gasteiger partial charge in [-0.05, 0) is 18.4 Å². The fraction of sp³-hybridized carbons (Fsp3) is 0.500. The molecule has 0 atom stereocenters. The van der Waals surface area contributed by atoms with Gasteiger partial charge < -0.3 is 4.90 Å². The van der Waals surface area contributed by atoms with E-state index in [1.54, 1.807) is 11.9 Å². The molecule has 1 aromatic rings. The molecule has 1 aliphatic rings. The third-order valence-electron chi connectivity index (χ3n) is 3.45. The number of amides is 1. The van der Waals surface area contributed by atoms with Gasteiger partial charge in [0, 0.05) is 20.1 Å². The van der Waals surface area contributed by atoms with Gasteiger partial charge in [-0.3, -0.25) is 4.79 Å². The molecule has 1 fully saturated rings. The first-order valence-electron chi connectivity index (χ1n) is 6.75. The average Bonchev–Trinajstić information content (AvgIpc) is 2.42. The minimum absolute atomic E-state index is 0.0499. The normalized spacial score (nSPS) is 18.6. The molecule has 0 aromatic heterocycles. The first-order chi connectivity index (χ1) is 9.49. The molecule has 0 bridgehead atoms. The Morgan fingerprint density at radius 3 is 2.60 bits per heavy atom. The lowest BCUT2D eigenvalue weighted by molar-refractivity contribution is -0.130. The van der Waals surface area contributed by atoms with E-state index < -0.39 is 10.0 Å². The van der Waals surface area contributed by atoms with Crippen LogP contribution in [0.15, 0.2) is 30.3 Å². The molecule has 0 unspecified atom stereocenters. The number of rotatable bonds is 4. The number of benzene rings is 1. The summed E-state index contributed by atoms with van der Waals surface area (Å²) in [5, 5.41) is 0. The minimum atomic E-state index is -3.24. The summed E-state index contributed by atoms with van der Waals surface area (Å²) in [6.07, 6.45) is 1.52. The predicted octanol–water partition coefficient (Wildman–Crippen LogP) is 1.07. The summed E-state index contributed by atoms with van der Waals surface area (Å²) >= 11 is 0. The maximum Gasteiger partial charge on any atom is 0.237 e. The van der Waals surface area contributed by atoms with E-state index in [0.29, 0.717) is 19.5 Å². The smallest absolute Gasteiger partial charge is 0.237 e. The maximum atomic E-state index is 12.1. The molecule has 110 valence electrons. The largest absolute Gasteiger partial charge is 0.340 e. The second kappa shape index (κ2) is 6.37. The Labute approximate surface area is 120 Å². The monoisotopic (exact) mass is 296 g/mol. The molecule has 20 heavy (non-hydrogen) atoms. The molecular formula is C14H20N2O3S. The quantitative estimate of drug-likeness (QED) is 0.835. The molecular weight excluding hydrogens is 276 g/mol. The van der Waals surface area contributed by atoms with E-state index in [4.69, 9.17) is 0 Å². The van der Waals surface area contributed by atoms with Gasteiger partial charge in [0.15, 0.2) is 0 Å². The number of nitrogens with zero attached hydrogens (tertiary/aromatic N) is 2. The zero-order valence-electron chi connectivity index (χ0n) is 11.7. The number of carbonyl (C=O) groups is 1. The van der Waals surface area contributed by atoms with Crippen molar-refractivity contribution >= 4 is 15.9 Å². The number of sulfonamides is 1. The Morgan fingerprint density at radius 2 is 1.95 bits per heavy atom. The molecule has 1 heterocycles. The number of likely N-dealkylation sites (N-methyl/N-ethyl adjacent to an activating group) is 1. The summed E-state index contributed by atoms with van der Waals surface area (Å²) in [4.78, 5) is 13.7. The van der Waals surface area contributed by atoms with Gasteiger partial charge in [0.1, 0.15) is 0 Å². The highest BCUT2D eigenvalue weighted by atomic mass is 32.2. The molecule has 1 aliphatic heterocycles. The highest BCUT2D eigenvalue weighted by Gasteiger charge is 2.28. The molecule has 0 aliphatic carbocycles. The molecule has 0 saturated carbocycles. The van der Waals surface area contributed by atoms with Crippen molar-refractivity contribution in [3.05, 3.63) is 35.9 Å². The zero-order chi connectivity index (χ0) is 14.6. The van der Waals surface area contributed by atoms with Crippen molar-refractivity contribution in [1.82, 2.24) is 9.21 Å². The average molecular weight is 296 g/mol. The summed E-state index contributed by atoms with van der Waals surface area (Å²) in [5.41, 5.74) is 1.03. The second-order valence-electron chi connectivity index (χ2n) is 5.09. The molecule has 0 N–H and O–H groups in total. The van der Waals surface area contributed by atoms with Gasteiger partial charge >= 0.3 is 0 Å². The van der Waals surface area contributed by atoms with Gasteiger partial charge in [0.05, 0.1) is 12.3 Å². The van der Waals surface area contributed by atoms with Crippen molar-refractivity contribution in [1.29, 1.82) is 0 Å². The lowest BCUT2D eigenvalue weighted by atomic mass is 10.2. The van der Waals surface area contributed by atoms with Crippen LogP contribution in [0.4, 0.5) is 0 Å². The fourth-order valence-corrected chi connectivity index (χ4v) is 3.78. The Hall–Kier alpha value is -1.40. The van der Waals surface area contributed by atoms with Crippen LogP contribution in [-0.2, 0) is 21.4 Å². The second-order valence-corrected chi connectivity index (χ2v) is 7.18. The van der Waals surface area contributed by atoms with Crippen LogP contribution in [-0.4, -0.2) is 49.4 Å². The van der Waals surface area contributed by atoms with Crippen molar-refractivity contribution in [3.63, 3.8) is 0 Å². The van der Waals surface area contributed by atoms with Crippen LogP contribution >= 0.6 is 0 Å². The van der Waals surface area contributed by atoms with Crippen LogP contribution in [0.5, 0.6) is 0 Å². The summed E-state index contributed by atoms with van der Waals surface area (Å²) in [5.74, 6) is -0.0119. The summed E-state index contributed by atoms with van der Waals surface area (Å²) < 4.78 is 25.0. The van der Waals surface area contributed by atoms with E-state index in [-0.39, 0.29) is 18.2 Å². The van der Waals surface area contributed by atoms with Crippen molar-refractivity contribution in [2.75, 3.05) is 25.9 Å². The maximum absolute atomic E-state index is 12.1. The Morgan fingerprint density at radius 1 is 1.25 bits per heavy atom. The molecule has 1 aromatic carbocycles. The van der Waals surface area contributed by atoms with E-state index in [1.165, 1.54) is 4.31 Å². The van der Waals surface area contributed by atoms with E-state index in [2.05, 4.69) is 0 Å². The minimum Gasteiger partial charge on any atom is -0.340 e. The van der Waals surface area contributed by atoms with Crippen LogP contribution in [0.1, 0.15) is 18.4 Å². The van der Waals surface area contributed by atoms with Crippen LogP contribution < -0.4 is 0 Å². The summed E-state index contributed by atoms with van der Waals surface area (Å²) in [6.45, 7) is 0.895. The number of hydrogen-bond donors (Lipinski definition) is 0. The van der Waals surface area contributed by atoms with Gasteiger partial charge in [-0.25, -0.2) is 8.42 Å². The van der Waals surface area contributed by atoms with E-state index >= 15 is 0 Å². The third kappa shape index (κ3) is 3.80. The Kier molecular flexibility index (Phi) is 4.77. The highest BCUT2D eigenvalue weighted by Crippen LogP contribution is 2.13. The summed E-state index contributed by atoms with van der Waals surface area (Å²) in [6, 6.07) is 9.65. The predicted molar refractivity (Wildman–Crippen MR) is 77.5 cm³/mol. The van der Waals surface area contributed by atoms with E-state index in [0.717, 1.165) is 12.0 Å². The Bertz CT molecular complexity index is 557. The summed E-state index contributed by atoms with van der Waals surface area (Å²) in [7, 11) is -1.54. The standard InChI is InChI=1S/C14H20N2O3S/c1-15(11-13-7-3-2-4-8-13)14(17)12-16-9-5-6-10-20(16,18)19/h2-4,7-8H,5-6,9-12H2,1H3. The SMILES string of the molecule is CN(Cc1ccccc1)C(=O)CN1CCCCS1(=O)=O. The zero-order valence-corrected chi connectivity index (χ0v) is 12.5. The van der Waals surface area contributed by atoms with Gasteiger partial charge in [-0.2, -0.15) is 4.31 Å². The molecule has 1 amide bonds. The van der Waals surface area contributed by atoms with E-state index in [1.807, 2.05) is 30.3 Å². The van der Waals surface area contributed by atoms with Gasteiger partial charge in [0.2, 0.25) is 15.9 Å². The molecule has 0 radical (unpaired) electrons. The van der Waals surface area contributed by atoms with Gasteiger partial charge in [-0.1, -0.05) is 30.3 Å². The lowest BCUT2D eigenvalue weighted by Gasteiger charge is -2.27. The van der Waals surface area contributed by atoms with Gasteiger partial charge in [-0.15, -0.1) is 0 Å². The van der Waals surface area contributed by atoms with Crippen LogP contribution in [0.3, 0.4) is 0 Å². The fourth-order valence-electron chi connectivity index (χ4n) is 2.24. The molecule has 0 spiro atoms. The highest BCUT2D eigenvalue weighted by molar-refractivity contribution is 7.89. The van der Waals surface area contributed by atoms with E-state index in [9.17, 15) is 13.2 Å². The molecule has 6 heteroatoms. The van der Waals surface area contributed by atoms with Gasteiger partial charge in [0.25, 0.3) is 0 Å². The first kappa shape index (κ1) is 15.0. The topological polar surface area (TPSA) is 57.7 Å². The van der Waals surface area contributed by atoms with Crippen LogP contribution in [0.25, 0.3) is 0 Å². The van der Waals surface area contributed by atoms with Crippen molar-refractivity contribution in [2.24, 2.45) is 0 Å². The molecule has 2 rings (SSSR count). The number of carbonyl (C=O) groups excluding carboxylic acids is 1. The molecule has 1 saturated heterocycles. The van der Waals surface area contributed by atoms with Crippen molar-refractivity contribution in [3.8, 4) is 0 Å². The van der Waals surface area contributed by atoms with Crippen LogP contribution in [0.2, 0.25) is 0 Å². The number of hydrogen-bond acceptors (Lipinski definition) is 3.